The van der Waals surface area contributed by atoms with Crippen LogP contribution in [0, 0.1) is 0 Å². The molecule has 0 saturated carbocycles. The van der Waals surface area contributed by atoms with Gasteiger partial charge < -0.3 is 5.11 Å². The second-order valence-electron chi connectivity index (χ2n) is 4.50. The highest BCUT2D eigenvalue weighted by Crippen LogP contribution is 2.19. The van der Waals surface area contributed by atoms with Gasteiger partial charge in [0.1, 0.15) is 0 Å². The van der Waals surface area contributed by atoms with Crippen LogP contribution in [0.25, 0.3) is 0 Å². The molecule has 0 saturated heterocycles. The first-order valence-corrected chi connectivity index (χ1v) is 5.91. The highest BCUT2D eigenvalue weighted by molar-refractivity contribution is 5.31. The van der Waals surface area contributed by atoms with Crippen LogP contribution in [0.15, 0.2) is 18.2 Å². The number of benzene rings is 1. The lowest BCUT2D eigenvalue weighted by molar-refractivity contribution is 0.281. The summed E-state index contributed by atoms with van der Waals surface area (Å²) in [6.07, 6.45) is 3.58. The first-order chi connectivity index (χ1) is 7.17. The van der Waals surface area contributed by atoms with Crippen molar-refractivity contribution in [2.24, 2.45) is 0 Å². The number of rotatable bonds is 5. The minimum Gasteiger partial charge on any atom is -0.392 e. The summed E-state index contributed by atoms with van der Waals surface area (Å²) >= 11 is 0. The molecule has 0 aromatic heterocycles. The van der Waals surface area contributed by atoms with Crippen molar-refractivity contribution in [2.45, 2.75) is 52.6 Å². The molecule has 0 aliphatic heterocycles. The molecule has 0 heterocycles. The van der Waals surface area contributed by atoms with Crippen LogP contribution >= 0.6 is 0 Å². The van der Waals surface area contributed by atoms with Gasteiger partial charge in [-0.2, -0.15) is 0 Å². The van der Waals surface area contributed by atoms with E-state index in [1.165, 1.54) is 24.0 Å². The summed E-state index contributed by atoms with van der Waals surface area (Å²) in [6.45, 7) is 6.75. The molecule has 0 amide bonds. The lowest BCUT2D eigenvalue weighted by Gasteiger charge is -2.11. The van der Waals surface area contributed by atoms with Crippen LogP contribution in [0.3, 0.4) is 0 Å². The molecule has 0 spiro atoms. The molecule has 1 aromatic rings. The zero-order valence-electron chi connectivity index (χ0n) is 10.1. The molecular formula is C14H22O. The second-order valence-corrected chi connectivity index (χ2v) is 4.50. The number of aliphatic hydroxyl groups excluding tert-OH is 1. The second kappa shape index (κ2) is 5.92. The molecular weight excluding hydrogens is 184 g/mol. The monoisotopic (exact) mass is 206 g/mol. The fourth-order valence-corrected chi connectivity index (χ4v) is 1.74. The Morgan fingerprint density at radius 3 is 2.33 bits per heavy atom. The van der Waals surface area contributed by atoms with Gasteiger partial charge in [-0.25, -0.2) is 0 Å². The summed E-state index contributed by atoms with van der Waals surface area (Å²) in [6, 6.07) is 6.52. The van der Waals surface area contributed by atoms with Gasteiger partial charge >= 0.3 is 0 Å². The third-order valence-corrected chi connectivity index (χ3v) is 2.74. The van der Waals surface area contributed by atoms with Crippen LogP contribution in [-0.4, -0.2) is 5.11 Å². The molecule has 0 unspecified atom stereocenters. The summed E-state index contributed by atoms with van der Waals surface area (Å²) in [7, 11) is 0. The highest BCUT2D eigenvalue weighted by atomic mass is 16.3. The van der Waals surface area contributed by atoms with Crippen molar-refractivity contribution in [1.29, 1.82) is 0 Å². The number of aryl methyl sites for hydroxylation is 1. The standard InChI is InChI=1S/C14H22O/c1-4-5-6-12-7-13(10-15)9-14(8-12)11(2)3/h7-9,11,15H,4-6,10H2,1-3H3. The molecule has 0 aliphatic carbocycles. The van der Waals surface area contributed by atoms with Crippen molar-refractivity contribution in [3.05, 3.63) is 34.9 Å². The quantitative estimate of drug-likeness (QED) is 0.779. The Balaban J connectivity index is 2.90. The Bertz CT molecular complexity index is 302. The van der Waals surface area contributed by atoms with Crippen molar-refractivity contribution in [3.8, 4) is 0 Å². The van der Waals surface area contributed by atoms with Crippen molar-refractivity contribution < 1.29 is 5.11 Å². The molecule has 0 bridgehead atoms. The Kier molecular flexibility index (Phi) is 4.83. The van der Waals surface area contributed by atoms with Crippen molar-refractivity contribution in [2.75, 3.05) is 0 Å². The van der Waals surface area contributed by atoms with Crippen LogP contribution < -0.4 is 0 Å². The molecule has 0 fully saturated rings. The molecule has 15 heavy (non-hydrogen) atoms. The average Bonchev–Trinajstić information content (AvgIpc) is 2.25. The van der Waals surface area contributed by atoms with Crippen molar-refractivity contribution in [1.82, 2.24) is 0 Å². The van der Waals surface area contributed by atoms with E-state index >= 15 is 0 Å². The molecule has 1 N–H and O–H groups in total. The van der Waals surface area contributed by atoms with Crippen LogP contribution in [0.1, 0.15) is 56.2 Å². The Hall–Kier alpha value is -0.820. The van der Waals surface area contributed by atoms with E-state index in [-0.39, 0.29) is 6.61 Å². The summed E-state index contributed by atoms with van der Waals surface area (Å²) in [5, 5.41) is 9.19. The predicted molar refractivity (Wildman–Crippen MR) is 65.1 cm³/mol. The van der Waals surface area contributed by atoms with Gasteiger partial charge in [0.05, 0.1) is 6.61 Å². The Labute approximate surface area is 93.1 Å². The first-order valence-electron chi connectivity index (χ1n) is 5.91. The fraction of sp³-hybridized carbons (Fsp3) is 0.571. The molecule has 1 rings (SSSR count). The maximum Gasteiger partial charge on any atom is 0.0682 e. The Morgan fingerprint density at radius 1 is 1.13 bits per heavy atom. The fourth-order valence-electron chi connectivity index (χ4n) is 1.74. The third-order valence-electron chi connectivity index (χ3n) is 2.74. The minimum atomic E-state index is 0.152. The largest absolute Gasteiger partial charge is 0.392 e. The van der Waals surface area contributed by atoms with Crippen LogP contribution in [0.4, 0.5) is 0 Å². The zero-order valence-corrected chi connectivity index (χ0v) is 10.1. The summed E-state index contributed by atoms with van der Waals surface area (Å²) < 4.78 is 0. The zero-order chi connectivity index (χ0) is 11.3. The molecule has 1 heteroatoms. The van der Waals surface area contributed by atoms with E-state index in [1.807, 2.05) is 0 Å². The van der Waals surface area contributed by atoms with Gasteiger partial charge in [0.2, 0.25) is 0 Å². The van der Waals surface area contributed by atoms with Gasteiger partial charge in [-0.3, -0.25) is 0 Å². The van der Waals surface area contributed by atoms with Crippen LogP contribution in [-0.2, 0) is 13.0 Å². The van der Waals surface area contributed by atoms with E-state index in [9.17, 15) is 5.11 Å². The topological polar surface area (TPSA) is 20.2 Å². The highest BCUT2D eigenvalue weighted by Gasteiger charge is 2.03. The van der Waals surface area contributed by atoms with Gasteiger partial charge in [-0.05, 0) is 35.4 Å². The number of hydrogen-bond acceptors (Lipinski definition) is 1. The molecule has 1 aromatic carbocycles. The number of unbranched alkanes of at least 4 members (excludes halogenated alkanes) is 1. The summed E-state index contributed by atoms with van der Waals surface area (Å²) in [5.74, 6) is 0.539. The molecule has 0 aliphatic rings. The van der Waals surface area contributed by atoms with Gasteiger partial charge in [-0.1, -0.05) is 45.4 Å². The maximum atomic E-state index is 9.19. The summed E-state index contributed by atoms with van der Waals surface area (Å²) in [4.78, 5) is 0. The van der Waals surface area contributed by atoms with Gasteiger partial charge in [0.25, 0.3) is 0 Å². The van der Waals surface area contributed by atoms with E-state index < -0.39 is 0 Å². The average molecular weight is 206 g/mol. The normalized spacial score (nSPS) is 11.0. The molecule has 84 valence electrons. The molecule has 0 atom stereocenters. The lowest BCUT2D eigenvalue weighted by atomic mass is 9.96. The minimum absolute atomic E-state index is 0.152. The van der Waals surface area contributed by atoms with Crippen LogP contribution in [0.5, 0.6) is 0 Å². The van der Waals surface area contributed by atoms with Gasteiger partial charge in [0, 0.05) is 0 Å². The van der Waals surface area contributed by atoms with E-state index in [4.69, 9.17) is 0 Å². The first kappa shape index (κ1) is 12.3. The van der Waals surface area contributed by atoms with Crippen LogP contribution in [0.2, 0.25) is 0 Å². The molecule has 1 nitrogen and oxygen atoms in total. The number of aliphatic hydroxyl groups is 1. The van der Waals surface area contributed by atoms with Crippen molar-refractivity contribution in [3.63, 3.8) is 0 Å². The summed E-state index contributed by atoms with van der Waals surface area (Å²) in [5.41, 5.74) is 3.76. The lowest BCUT2D eigenvalue weighted by Crippen LogP contribution is -1.95. The number of hydrogen-bond donors (Lipinski definition) is 1. The van der Waals surface area contributed by atoms with Gasteiger partial charge in [0.15, 0.2) is 0 Å². The van der Waals surface area contributed by atoms with Crippen molar-refractivity contribution >= 4 is 0 Å². The Morgan fingerprint density at radius 2 is 1.80 bits per heavy atom. The maximum absolute atomic E-state index is 9.19. The predicted octanol–water partition coefficient (Wildman–Crippen LogP) is 3.64. The SMILES string of the molecule is CCCCc1cc(CO)cc(C(C)C)c1. The van der Waals surface area contributed by atoms with E-state index in [1.54, 1.807) is 0 Å². The van der Waals surface area contributed by atoms with E-state index in [2.05, 4.69) is 39.0 Å². The third kappa shape index (κ3) is 3.67. The smallest absolute Gasteiger partial charge is 0.0682 e. The van der Waals surface area contributed by atoms with E-state index in [0.29, 0.717) is 5.92 Å². The van der Waals surface area contributed by atoms with E-state index in [0.717, 1.165) is 12.0 Å². The molecule has 0 radical (unpaired) electrons. The van der Waals surface area contributed by atoms with Gasteiger partial charge in [-0.15, -0.1) is 0 Å².